The third-order valence-electron chi connectivity index (χ3n) is 7.02. The molecule has 4 rings (SSSR count). The highest BCUT2D eigenvalue weighted by molar-refractivity contribution is 9.10. The molecule has 3 fully saturated rings. The zero-order chi connectivity index (χ0) is 21.0. The van der Waals surface area contributed by atoms with Crippen molar-refractivity contribution in [3.05, 3.63) is 34.3 Å². The van der Waals surface area contributed by atoms with E-state index in [1.807, 2.05) is 9.80 Å². The average Bonchev–Trinajstić information content (AvgIpc) is 3.33. The monoisotopic (exact) mass is 477 g/mol. The number of benzene rings is 1. The summed E-state index contributed by atoms with van der Waals surface area (Å²) in [5, 5.41) is 3.26. The molecule has 0 aliphatic carbocycles. The van der Waals surface area contributed by atoms with Crippen LogP contribution >= 0.6 is 15.9 Å². The molecule has 3 aliphatic heterocycles. The fraction of sp³-hybridized carbons (Fsp3) is 0.652. The molecule has 1 aromatic carbocycles. The SMILES string of the molecule is O=C(NCC1(c2ccc(Br)cc2)CCOCC1)C1CCN(C(=O)N2CCCC2)CC1. The Morgan fingerprint density at radius 2 is 1.60 bits per heavy atom. The molecular weight excluding hydrogens is 446 g/mol. The van der Waals surface area contributed by atoms with Crippen LogP contribution in [-0.2, 0) is 14.9 Å². The van der Waals surface area contributed by atoms with Crippen LogP contribution in [0.15, 0.2) is 28.7 Å². The van der Waals surface area contributed by atoms with E-state index in [0.717, 1.165) is 69.3 Å². The maximum atomic E-state index is 12.9. The number of rotatable bonds is 4. The fourth-order valence-electron chi connectivity index (χ4n) is 4.98. The predicted molar refractivity (Wildman–Crippen MR) is 119 cm³/mol. The van der Waals surface area contributed by atoms with Gasteiger partial charge in [0.15, 0.2) is 0 Å². The predicted octanol–water partition coefficient (Wildman–Crippen LogP) is 3.54. The molecule has 0 radical (unpaired) electrons. The molecule has 1 aromatic rings. The number of hydrogen-bond donors (Lipinski definition) is 1. The first-order chi connectivity index (χ1) is 14.6. The van der Waals surface area contributed by atoms with Gasteiger partial charge in [0.05, 0.1) is 0 Å². The summed E-state index contributed by atoms with van der Waals surface area (Å²) in [6.07, 6.45) is 5.54. The molecule has 164 valence electrons. The lowest BCUT2D eigenvalue weighted by Gasteiger charge is -2.39. The van der Waals surface area contributed by atoms with E-state index in [4.69, 9.17) is 4.74 Å². The minimum atomic E-state index is -0.0684. The number of hydrogen-bond acceptors (Lipinski definition) is 3. The Labute approximate surface area is 187 Å². The largest absolute Gasteiger partial charge is 0.381 e. The van der Waals surface area contributed by atoms with Gasteiger partial charge in [0.1, 0.15) is 0 Å². The highest BCUT2D eigenvalue weighted by Gasteiger charge is 2.36. The summed E-state index contributed by atoms with van der Waals surface area (Å²) in [6, 6.07) is 8.61. The lowest BCUT2D eigenvalue weighted by molar-refractivity contribution is -0.126. The quantitative estimate of drug-likeness (QED) is 0.720. The van der Waals surface area contributed by atoms with Crippen molar-refractivity contribution in [1.29, 1.82) is 0 Å². The minimum Gasteiger partial charge on any atom is -0.381 e. The van der Waals surface area contributed by atoms with Crippen LogP contribution in [0.25, 0.3) is 0 Å². The molecule has 0 aromatic heterocycles. The Morgan fingerprint density at radius 1 is 1.00 bits per heavy atom. The Hall–Kier alpha value is -1.60. The zero-order valence-electron chi connectivity index (χ0n) is 17.6. The van der Waals surface area contributed by atoms with E-state index in [9.17, 15) is 9.59 Å². The van der Waals surface area contributed by atoms with E-state index in [1.54, 1.807) is 0 Å². The molecule has 0 spiro atoms. The van der Waals surface area contributed by atoms with Crippen molar-refractivity contribution in [2.24, 2.45) is 5.92 Å². The van der Waals surface area contributed by atoms with E-state index < -0.39 is 0 Å². The highest BCUT2D eigenvalue weighted by Crippen LogP contribution is 2.35. The molecule has 0 unspecified atom stereocenters. The molecule has 7 heteroatoms. The molecule has 30 heavy (non-hydrogen) atoms. The van der Waals surface area contributed by atoms with Crippen molar-refractivity contribution in [2.45, 2.75) is 43.9 Å². The van der Waals surface area contributed by atoms with Crippen LogP contribution in [0.2, 0.25) is 0 Å². The van der Waals surface area contributed by atoms with E-state index in [-0.39, 0.29) is 23.3 Å². The van der Waals surface area contributed by atoms with Crippen LogP contribution < -0.4 is 5.32 Å². The van der Waals surface area contributed by atoms with Crippen molar-refractivity contribution in [1.82, 2.24) is 15.1 Å². The van der Waals surface area contributed by atoms with Gasteiger partial charge in [0.25, 0.3) is 0 Å². The van der Waals surface area contributed by atoms with E-state index >= 15 is 0 Å². The van der Waals surface area contributed by atoms with Gasteiger partial charge in [-0.25, -0.2) is 4.79 Å². The van der Waals surface area contributed by atoms with Crippen LogP contribution in [0.1, 0.15) is 44.1 Å². The first kappa shape index (κ1) is 21.6. The van der Waals surface area contributed by atoms with Gasteiger partial charge in [0, 0.05) is 61.7 Å². The normalized spacial score (nSPS) is 22.2. The van der Waals surface area contributed by atoms with Gasteiger partial charge in [-0.15, -0.1) is 0 Å². The number of carbonyl (C=O) groups is 2. The summed E-state index contributed by atoms with van der Waals surface area (Å²) < 4.78 is 6.67. The molecule has 0 saturated carbocycles. The number of amides is 3. The second-order valence-electron chi connectivity index (χ2n) is 8.86. The summed E-state index contributed by atoms with van der Waals surface area (Å²) in [5.41, 5.74) is 1.20. The standard InChI is InChI=1S/C23H32BrN3O3/c24-20-5-3-19(4-6-20)23(9-15-30-16-10-23)17-25-21(28)18-7-13-27(14-8-18)22(29)26-11-1-2-12-26/h3-6,18H,1-2,7-17H2,(H,25,28). The highest BCUT2D eigenvalue weighted by atomic mass is 79.9. The summed E-state index contributed by atoms with van der Waals surface area (Å²) in [7, 11) is 0. The fourth-order valence-corrected chi connectivity index (χ4v) is 5.24. The molecule has 3 saturated heterocycles. The number of urea groups is 1. The van der Waals surface area contributed by atoms with Gasteiger partial charge in [0.2, 0.25) is 5.91 Å². The smallest absolute Gasteiger partial charge is 0.319 e. The van der Waals surface area contributed by atoms with Crippen LogP contribution in [0.5, 0.6) is 0 Å². The molecule has 0 bridgehead atoms. The van der Waals surface area contributed by atoms with Crippen molar-refractivity contribution in [3.63, 3.8) is 0 Å². The summed E-state index contributed by atoms with van der Waals surface area (Å²) >= 11 is 3.51. The molecule has 1 N–H and O–H groups in total. The number of piperidine rings is 1. The van der Waals surface area contributed by atoms with Crippen LogP contribution in [0.4, 0.5) is 4.79 Å². The number of ether oxygens (including phenoxy) is 1. The van der Waals surface area contributed by atoms with Crippen molar-refractivity contribution >= 4 is 27.9 Å². The molecule has 3 heterocycles. The van der Waals surface area contributed by atoms with Gasteiger partial charge in [-0.1, -0.05) is 28.1 Å². The van der Waals surface area contributed by atoms with Gasteiger partial charge in [-0.3, -0.25) is 4.79 Å². The summed E-state index contributed by atoms with van der Waals surface area (Å²) in [4.78, 5) is 29.4. The number of nitrogens with one attached hydrogen (secondary N) is 1. The van der Waals surface area contributed by atoms with Crippen molar-refractivity contribution in [2.75, 3.05) is 45.9 Å². The van der Waals surface area contributed by atoms with Gasteiger partial charge in [-0.2, -0.15) is 0 Å². The van der Waals surface area contributed by atoms with Gasteiger partial charge < -0.3 is 19.9 Å². The summed E-state index contributed by atoms with van der Waals surface area (Å²) in [6.45, 7) is 5.20. The van der Waals surface area contributed by atoms with Gasteiger partial charge >= 0.3 is 6.03 Å². The Kier molecular flexibility index (Phi) is 6.98. The van der Waals surface area contributed by atoms with E-state index in [1.165, 1.54) is 5.56 Å². The third kappa shape index (κ3) is 4.83. The number of carbonyl (C=O) groups excluding carboxylic acids is 2. The minimum absolute atomic E-state index is 0.00515. The van der Waals surface area contributed by atoms with Crippen molar-refractivity contribution in [3.8, 4) is 0 Å². The second kappa shape index (κ2) is 9.69. The Bertz CT molecular complexity index is 735. The molecule has 3 aliphatic rings. The first-order valence-corrected chi connectivity index (χ1v) is 12.0. The number of halogens is 1. The Balaban J connectivity index is 1.32. The number of likely N-dealkylation sites (tertiary alicyclic amines) is 2. The maximum absolute atomic E-state index is 12.9. The molecule has 0 atom stereocenters. The lowest BCUT2D eigenvalue weighted by Crippen LogP contribution is -2.49. The van der Waals surface area contributed by atoms with Crippen LogP contribution in [0.3, 0.4) is 0 Å². The van der Waals surface area contributed by atoms with Crippen LogP contribution in [-0.4, -0.2) is 67.7 Å². The molecular formula is C23H32BrN3O3. The summed E-state index contributed by atoms with van der Waals surface area (Å²) in [5.74, 6) is 0.126. The average molecular weight is 478 g/mol. The first-order valence-electron chi connectivity index (χ1n) is 11.2. The van der Waals surface area contributed by atoms with Gasteiger partial charge in [-0.05, 0) is 56.2 Å². The van der Waals surface area contributed by atoms with Crippen LogP contribution in [0, 0.1) is 5.92 Å². The third-order valence-corrected chi connectivity index (χ3v) is 7.55. The topological polar surface area (TPSA) is 61.9 Å². The lowest BCUT2D eigenvalue weighted by atomic mass is 9.74. The number of nitrogens with zero attached hydrogens (tertiary/aromatic N) is 2. The molecule has 6 nitrogen and oxygen atoms in total. The second-order valence-corrected chi connectivity index (χ2v) is 9.77. The zero-order valence-corrected chi connectivity index (χ0v) is 19.2. The maximum Gasteiger partial charge on any atom is 0.319 e. The van der Waals surface area contributed by atoms with E-state index in [0.29, 0.717) is 19.6 Å². The molecule has 3 amide bonds. The van der Waals surface area contributed by atoms with E-state index in [2.05, 4.69) is 45.5 Å². The van der Waals surface area contributed by atoms with Crippen molar-refractivity contribution < 1.29 is 14.3 Å². The Morgan fingerprint density at radius 3 is 2.23 bits per heavy atom.